The summed E-state index contributed by atoms with van der Waals surface area (Å²) in [5.74, 6) is -1.64. The monoisotopic (exact) mass is 270 g/mol. The first-order valence-electron chi connectivity index (χ1n) is 6.70. The molecule has 2 atom stereocenters. The van der Waals surface area contributed by atoms with E-state index in [2.05, 4.69) is 10.6 Å². The van der Waals surface area contributed by atoms with Gasteiger partial charge in [0.25, 0.3) is 0 Å². The Morgan fingerprint density at radius 2 is 1.68 bits per heavy atom. The zero-order valence-corrected chi connectivity index (χ0v) is 11.4. The summed E-state index contributed by atoms with van der Waals surface area (Å²) < 4.78 is 0. The van der Waals surface area contributed by atoms with Gasteiger partial charge >= 0.3 is 5.97 Å². The molecule has 1 rings (SSSR count). The summed E-state index contributed by atoms with van der Waals surface area (Å²) in [6.45, 7) is 4.39. The van der Waals surface area contributed by atoms with Crippen molar-refractivity contribution in [2.75, 3.05) is 13.1 Å². The maximum Gasteiger partial charge on any atom is 0.306 e. The van der Waals surface area contributed by atoms with Crippen LogP contribution in [-0.4, -0.2) is 36.0 Å². The minimum atomic E-state index is -0.820. The summed E-state index contributed by atoms with van der Waals surface area (Å²) in [6, 6.07) is 0. The second-order valence-electron chi connectivity index (χ2n) is 5.28. The summed E-state index contributed by atoms with van der Waals surface area (Å²) in [7, 11) is 0. The highest BCUT2D eigenvalue weighted by Gasteiger charge is 2.33. The van der Waals surface area contributed by atoms with Gasteiger partial charge in [-0.1, -0.05) is 13.8 Å². The second-order valence-corrected chi connectivity index (χ2v) is 5.28. The number of hydrogen-bond donors (Lipinski definition) is 3. The Morgan fingerprint density at radius 1 is 1.11 bits per heavy atom. The summed E-state index contributed by atoms with van der Waals surface area (Å²) in [5, 5.41) is 14.3. The summed E-state index contributed by atoms with van der Waals surface area (Å²) >= 11 is 0. The van der Waals surface area contributed by atoms with Crippen LogP contribution >= 0.6 is 0 Å². The van der Waals surface area contributed by atoms with Crippen molar-refractivity contribution in [2.45, 2.75) is 33.1 Å². The van der Waals surface area contributed by atoms with Gasteiger partial charge in [-0.25, -0.2) is 0 Å². The van der Waals surface area contributed by atoms with Crippen LogP contribution in [0.3, 0.4) is 0 Å². The van der Waals surface area contributed by atoms with Crippen molar-refractivity contribution >= 4 is 17.8 Å². The molecule has 19 heavy (non-hydrogen) atoms. The molecule has 1 saturated carbocycles. The van der Waals surface area contributed by atoms with Crippen molar-refractivity contribution in [1.82, 2.24) is 10.6 Å². The third kappa shape index (κ3) is 4.89. The van der Waals surface area contributed by atoms with E-state index in [4.69, 9.17) is 5.11 Å². The van der Waals surface area contributed by atoms with E-state index >= 15 is 0 Å². The molecule has 108 valence electrons. The largest absolute Gasteiger partial charge is 0.481 e. The lowest BCUT2D eigenvalue weighted by molar-refractivity contribution is -0.141. The Balaban J connectivity index is 2.19. The van der Waals surface area contributed by atoms with Gasteiger partial charge < -0.3 is 15.7 Å². The van der Waals surface area contributed by atoms with Gasteiger partial charge in [-0.2, -0.15) is 0 Å². The Hall–Kier alpha value is -1.59. The van der Waals surface area contributed by atoms with Gasteiger partial charge in [-0.15, -0.1) is 0 Å². The van der Waals surface area contributed by atoms with E-state index in [-0.39, 0.29) is 23.7 Å². The van der Waals surface area contributed by atoms with E-state index in [1.54, 1.807) is 13.8 Å². The summed E-state index contributed by atoms with van der Waals surface area (Å²) in [5.41, 5.74) is 0. The number of carbonyl (C=O) groups excluding carboxylic acids is 2. The zero-order valence-electron chi connectivity index (χ0n) is 11.4. The quantitative estimate of drug-likeness (QED) is 0.608. The number of amides is 2. The van der Waals surface area contributed by atoms with Crippen molar-refractivity contribution in [3.05, 3.63) is 0 Å². The van der Waals surface area contributed by atoms with E-state index in [1.165, 1.54) is 0 Å². The first-order chi connectivity index (χ1) is 8.91. The minimum absolute atomic E-state index is 0.0407. The first kappa shape index (κ1) is 15.5. The average molecular weight is 270 g/mol. The first-order valence-corrected chi connectivity index (χ1v) is 6.70. The minimum Gasteiger partial charge on any atom is -0.481 e. The summed E-state index contributed by atoms with van der Waals surface area (Å²) in [4.78, 5) is 33.8. The molecule has 0 aliphatic heterocycles. The van der Waals surface area contributed by atoms with Crippen LogP contribution in [0.15, 0.2) is 0 Å². The number of rotatable bonds is 6. The fourth-order valence-corrected chi connectivity index (χ4v) is 2.16. The SMILES string of the molecule is CC(C)C(=O)NCCNC(=O)[C@@H]1CC[C@H](C(=O)O)C1. The molecule has 1 aliphatic rings. The van der Waals surface area contributed by atoms with Gasteiger partial charge in [0.05, 0.1) is 5.92 Å². The van der Waals surface area contributed by atoms with E-state index in [1.807, 2.05) is 0 Å². The van der Waals surface area contributed by atoms with Gasteiger partial charge in [0, 0.05) is 24.9 Å². The van der Waals surface area contributed by atoms with Crippen LogP contribution in [0.2, 0.25) is 0 Å². The summed E-state index contributed by atoms with van der Waals surface area (Å²) in [6.07, 6.45) is 1.61. The Labute approximate surface area is 112 Å². The van der Waals surface area contributed by atoms with Crippen LogP contribution in [0.1, 0.15) is 33.1 Å². The van der Waals surface area contributed by atoms with Crippen molar-refractivity contribution in [1.29, 1.82) is 0 Å². The number of carboxylic acids is 1. The highest BCUT2D eigenvalue weighted by Crippen LogP contribution is 2.30. The molecular weight excluding hydrogens is 248 g/mol. The van der Waals surface area contributed by atoms with Crippen LogP contribution in [0, 0.1) is 17.8 Å². The number of carbonyl (C=O) groups is 3. The molecule has 1 aliphatic carbocycles. The molecule has 0 heterocycles. The number of hydrogen-bond acceptors (Lipinski definition) is 3. The van der Waals surface area contributed by atoms with Crippen molar-refractivity contribution in [2.24, 2.45) is 17.8 Å². The second kappa shape index (κ2) is 7.11. The van der Waals surface area contributed by atoms with Gasteiger partial charge in [-0.3, -0.25) is 14.4 Å². The number of nitrogens with one attached hydrogen (secondary N) is 2. The Morgan fingerprint density at radius 3 is 2.21 bits per heavy atom. The predicted molar refractivity (Wildman–Crippen MR) is 69.3 cm³/mol. The van der Waals surface area contributed by atoms with Gasteiger partial charge in [0.15, 0.2) is 0 Å². The van der Waals surface area contributed by atoms with Gasteiger partial charge in [0.1, 0.15) is 0 Å². The topological polar surface area (TPSA) is 95.5 Å². The maximum absolute atomic E-state index is 11.8. The molecule has 0 aromatic rings. The smallest absolute Gasteiger partial charge is 0.306 e. The highest BCUT2D eigenvalue weighted by atomic mass is 16.4. The molecule has 6 nitrogen and oxygen atoms in total. The average Bonchev–Trinajstić information content (AvgIpc) is 2.83. The molecule has 0 saturated heterocycles. The molecule has 2 amide bonds. The zero-order chi connectivity index (χ0) is 14.4. The van der Waals surface area contributed by atoms with Crippen LogP contribution < -0.4 is 10.6 Å². The number of carboxylic acid groups (broad SMARTS) is 1. The fraction of sp³-hybridized carbons (Fsp3) is 0.769. The van der Waals surface area contributed by atoms with Crippen molar-refractivity contribution in [3.8, 4) is 0 Å². The third-order valence-corrected chi connectivity index (χ3v) is 3.40. The third-order valence-electron chi connectivity index (χ3n) is 3.40. The molecule has 0 bridgehead atoms. The normalized spacial score (nSPS) is 22.3. The maximum atomic E-state index is 11.8. The molecule has 0 spiro atoms. The van der Waals surface area contributed by atoms with Crippen LogP contribution in [0.25, 0.3) is 0 Å². The predicted octanol–water partition coefficient (Wildman–Crippen LogP) is 0.376. The lowest BCUT2D eigenvalue weighted by Crippen LogP contribution is -2.38. The molecule has 0 unspecified atom stereocenters. The van der Waals surface area contributed by atoms with Crippen molar-refractivity contribution in [3.63, 3.8) is 0 Å². The standard InChI is InChI=1S/C13H22N2O4/c1-8(2)11(16)14-5-6-15-12(17)9-3-4-10(7-9)13(18)19/h8-10H,3-7H2,1-2H3,(H,14,16)(H,15,17)(H,18,19)/t9-,10+/m1/s1. The Kier molecular flexibility index (Phi) is 5.79. The van der Waals surface area contributed by atoms with Crippen LogP contribution in [0.5, 0.6) is 0 Å². The molecule has 0 aromatic carbocycles. The molecule has 1 fully saturated rings. The van der Waals surface area contributed by atoms with Crippen molar-refractivity contribution < 1.29 is 19.5 Å². The fourth-order valence-electron chi connectivity index (χ4n) is 2.16. The van der Waals surface area contributed by atoms with Crippen LogP contribution in [-0.2, 0) is 14.4 Å². The molecule has 6 heteroatoms. The lowest BCUT2D eigenvalue weighted by Gasteiger charge is -2.12. The lowest BCUT2D eigenvalue weighted by atomic mass is 10.0. The highest BCUT2D eigenvalue weighted by molar-refractivity contribution is 5.81. The molecule has 3 N–H and O–H groups in total. The van der Waals surface area contributed by atoms with E-state index < -0.39 is 11.9 Å². The van der Waals surface area contributed by atoms with Crippen LogP contribution in [0.4, 0.5) is 0 Å². The number of aliphatic carboxylic acids is 1. The molecular formula is C13H22N2O4. The molecule has 0 aromatic heterocycles. The van der Waals surface area contributed by atoms with E-state index in [9.17, 15) is 14.4 Å². The van der Waals surface area contributed by atoms with Gasteiger partial charge in [-0.05, 0) is 19.3 Å². The van der Waals surface area contributed by atoms with Gasteiger partial charge in [0.2, 0.25) is 11.8 Å². The molecule has 0 radical (unpaired) electrons. The van der Waals surface area contributed by atoms with E-state index in [0.29, 0.717) is 32.4 Å². The Bertz CT molecular complexity index is 355. The van der Waals surface area contributed by atoms with E-state index in [0.717, 1.165) is 0 Å².